The first-order chi connectivity index (χ1) is 28.7. The van der Waals surface area contributed by atoms with Gasteiger partial charge in [0.05, 0.1) is 18.9 Å². The van der Waals surface area contributed by atoms with Gasteiger partial charge in [0.15, 0.2) is 0 Å². The molecule has 6 aromatic heterocycles. The van der Waals surface area contributed by atoms with Gasteiger partial charge in [0, 0.05) is 122 Å². The third-order valence-electron chi connectivity index (χ3n) is 7.85. The van der Waals surface area contributed by atoms with Gasteiger partial charge >= 0.3 is 0 Å². The number of hydrogen-bond donors (Lipinski definition) is 9. The van der Waals surface area contributed by atoms with E-state index >= 15 is 0 Å². The van der Waals surface area contributed by atoms with E-state index in [1.54, 1.807) is 41.5 Å². The molecule has 0 atom stereocenters. The normalized spacial score (nSPS) is 10.7. The van der Waals surface area contributed by atoms with E-state index in [0.717, 1.165) is 45.0 Å². The number of furan rings is 1. The van der Waals surface area contributed by atoms with Gasteiger partial charge in [-0.15, -0.1) is 11.3 Å². The summed E-state index contributed by atoms with van der Waals surface area (Å²) in [7, 11) is 0. The first-order valence-corrected chi connectivity index (χ1v) is 23.2. The topological polar surface area (TPSA) is 146 Å². The van der Waals surface area contributed by atoms with Crippen LogP contribution in [-0.4, -0.2) is 56.2 Å². The Morgan fingerprint density at radius 2 is 1.13 bits per heavy atom. The van der Waals surface area contributed by atoms with Gasteiger partial charge in [-0.25, -0.2) is 4.98 Å². The van der Waals surface area contributed by atoms with Crippen LogP contribution < -0.4 is 31.9 Å². The van der Waals surface area contributed by atoms with E-state index in [1.165, 1.54) is 27.3 Å². The highest BCUT2D eigenvalue weighted by Crippen LogP contribution is 2.07. The summed E-state index contributed by atoms with van der Waals surface area (Å²) >= 11 is 3.55. The molecule has 6 heterocycles. The van der Waals surface area contributed by atoms with Crippen LogP contribution in [0.2, 0.25) is 0 Å². The predicted octanol–water partition coefficient (Wildman–Crippen LogP) is 10.2. The van der Waals surface area contributed by atoms with Crippen molar-refractivity contribution in [2.75, 3.05) is 0 Å². The zero-order valence-corrected chi connectivity index (χ0v) is 40.3. The Morgan fingerprint density at radius 1 is 0.550 bits per heavy atom. The van der Waals surface area contributed by atoms with Gasteiger partial charge in [-0.05, 0) is 63.7 Å². The standard InChI is InChI=1S/2C8H14N2.C8H13NO.2C8H13NS.C7H13N3/c1-7(2)10-6-8-3-4-9-5-8;1-7(2)10-6-8-4-3-5-9-8;2*1-7(2)9-5-8-3-4-10-6-8;1-7(2)9-6-8-4-3-5-10-8;1-6(2)9-4-7-3-8-5-10-7/h2*3-5,7,9-10H,6H2,1-2H3;2*3-4,6-7,9H,5H2,1-2H3;3-5,7,9H,6H2,1-2H3;3,5-6,9H,4H2,1-2H3,(H,8,10). The lowest BCUT2D eigenvalue weighted by atomic mass is 10.3. The highest BCUT2D eigenvalue weighted by molar-refractivity contribution is 7.09. The van der Waals surface area contributed by atoms with Gasteiger partial charge in [0.2, 0.25) is 0 Å². The van der Waals surface area contributed by atoms with E-state index in [4.69, 9.17) is 4.42 Å². The van der Waals surface area contributed by atoms with Crippen LogP contribution in [0.3, 0.4) is 0 Å². The summed E-state index contributed by atoms with van der Waals surface area (Å²) in [5.74, 6) is 0. The molecule has 9 N–H and O–H groups in total. The van der Waals surface area contributed by atoms with Crippen LogP contribution in [-0.2, 0) is 39.3 Å². The molecule has 0 amide bonds. The Kier molecular flexibility index (Phi) is 31.5. The summed E-state index contributed by atoms with van der Waals surface area (Å²) in [6, 6.07) is 17.9. The molecule has 0 aliphatic carbocycles. The number of hydrogen-bond acceptors (Lipinski definition) is 10. The number of thiophene rings is 2. The van der Waals surface area contributed by atoms with Crippen molar-refractivity contribution >= 4 is 22.7 Å². The fourth-order valence-electron chi connectivity index (χ4n) is 4.43. The predicted molar refractivity (Wildman–Crippen MR) is 259 cm³/mol. The second-order valence-electron chi connectivity index (χ2n) is 16.0. The molecule has 0 bridgehead atoms. The van der Waals surface area contributed by atoms with Crippen LogP contribution in [0, 0.1) is 0 Å². The first-order valence-electron chi connectivity index (χ1n) is 21.4. The van der Waals surface area contributed by atoms with E-state index in [-0.39, 0.29) is 0 Å². The average molecular weight is 865 g/mol. The van der Waals surface area contributed by atoms with E-state index in [0.29, 0.717) is 36.3 Å². The van der Waals surface area contributed by atoms with Crippen LogP contribution in [0.25, 0.3) is 0 Å². The van der Waals surface area contributed by atoms with Gasteiger partial charge < -0.3 is 51.3 Å². The molecule has 0 aliphatic rings. The number of nitrogens with zero attached hydrogens (tertiary/aromatic N) is 1. The molecular weight excluding hydrogens is 785 g/mol. The Balaban J connectivity index is 0.000000360. The minimum Gasteiger partial charge on any atom is -0.472 e. The first kappa shape index (κ1) is 54.2. The SMILES string of the molecule is CC(C)NCc1cc[nH]c1.CC(C)NCc1ccc[nH]1.CC(C)NCc1cccs1.CC(C)NCc1ccoc1.CC(C)NCc1ccsc1.CC(C)NCc1cnc[nH]1. The molecular formula is C47H80N10OS2. The highest BCUT2D eigenvalue weighted by Gasteiger charge is 1.98. The molecule has 6 rings (SSSR count). The van der Waals surface area contributed by atoms with Crippen molar-refractivity contribution in [3.63, 3.8) is 0 Å². The molecule has 0 spiro atoms. The summed E-state index contributed by atoms with van der Waals surface area (Å²) < 4.78 is 4.91. The zero-order valence-electron chi connectivity index (χ0n) is 38.7. The molecule has 0 aromatic carbocycles. The molecule has 0 fully saturated rings. The fourth-order valence-corrected chi connectivity index (χ4v) is 5.75. The maximum Gasteiger partial charge on any atom is 0.0947 e. The van der Waals surface area contributed by atoms with Crippen molar-refractivity contribution < 1.29 is 4.42 Å². The van der Waals surface area contributed by atoms with E-state index in [1.807, 2.05) is 36.9 Å². The second-order valence-corrected chi connectivity index (χ2v) is 17.9. The van der Waals surface area contributed by atoms with Crippen molar-refractivity contribution in [1.82, 2.24) is 51.8 Å². The maximum absolute atomic E-state index is 4.91. The van der Waals surface area contributed by atoms with E-state index in [9.17, 15) is 0 Å². The van der Waals surface area contributed by atoms with Gasteiger partial charge in [-0.3, -0.25) is 0 Å². The maximum atomic E-state index is 4.91. The summed E-state index contributed by atoms with van der Waals surface area (Å²) in [5.41, 5.74) is 6.28. The number of imidazole rings is 1. The van der Waals surface area contributed by atoms with Crippen LogP contribution in [0.1, 0.15) is 116 Å². The Bertz CT molecular complexity index is 1330. The number of aromatic amines is 3. The monoisotopic (exact) mass is 865 g/mol. The lowest BCUT2D eigenvalue weighted by Crippen LogP contribution is -2.21. The van der Waals surface area contributed by atoms with Crippen molar-refractivity contribution in [2.24, 2.45) is 0 Å². The summed E-state index contributed by atoms with van der Waals surface area (Å²) in [6.45, 7) is 31.4. The zero-order chi connectivity index (χ0) is 44.4. The number of H-pyrrole nitrogens is 3. The third kappa shape index (κ3) is 33.0. The molecule has 0 saturated heterocycles. The van der Waals surface area contributed by atoms with Crippen LogP contribution >= 0.6 is 22.7 Å². The Labute approximate surface area is 371 Å². The van der Waals surface area contributed by atoms with Crippen LogP contribution in [0.5, 0.6) is 0 Å². The lowest BCUT2D eigenvalue weighted by molar-refractivity contribution is 0.551. The van der Waals surface area contributed by atoms with Crippen molar-refractivity contribution in [3.05, 3.63) is 135 Å². The average Bonchev–Trinajstić information content (AvgIpc) is 4.06. The molecule has 13 heteroatoms. The van der Waals surface area contributed by atoms with Crippen LogP contribution in [0.4, 0.5) is 0 Å². The number of rotatable bonds is 18. The number of aromatic nitrogens is 4. The molecule has 0 saturated carbocycles. The number of nitrogens with one attached hydrogen (secondary N) is 9. The highest BCUT2D eigenvalue weighted by atomic mass is 32.1. The van der Waals surface area contributed by atoms with Gasteiger partial charge in [-0.2, -0.15) is 11.3 Å². The molecule has 0 radical (unpaired) electrons. The molecule has 336 valence electrons. The molecule has 60 heavy (non-hydrogen) atoms. The summed E-state index contributed by atoms with van der Waals surface area (Å²) in [6.07, 6.45) is 12.9. The minimum atomic E-state index is 0.531. The minimum absolute atomic E-state index is 0.531. The quantitative estimate of drug-likeness (QED) is 0.0415. The molecule has 0 aliphatic heterocycles. The third-order valence-corrected chi connectivity index (χ3v) is 9.46. The van der Waals surface area contributed by atoms with E-state index in [2.05, 4.69) is 181 Å². The smallest absolute Gasteiger partial charge is 0.0947 e. The van der Waals surface area contributed by atoms with Gasteiger partial charge in [0.25, 0.3) is 0 Å². The Hall–Kier alpha value is -3.79. The molecule has 0 unspecified atom stereocenters. The fraction of sp³-hybridized carbons (Fsp3) is 0.511. The van der Waals surface area contributed by atoms with Gasteiger partial charge in [-0.1, -0.05) is 89.2 Å². The second kappa shape index (κ2) is 34.9. The van der Waals surface area contributed by atoms with Crippen LogP contribution in [0.15, 0.2) is 107 Å². The molecule has 11 nitrogen and oxygen atoms in total. The van der Waals surface area contributed by atoms with Crippen molar-refractivity contribution in [3.8, 4) is 0 Å². The summed E-state index contributed by atoms with van der Waals surface area (Å²) in [4.78, 5) is 14.5. The van der Waals surface area contributed by atoms with Crippen molar-refractivity contribution in [1.29, 1.82) is 0 Å². The van der Waals surface area contributed by atoms with Crippen molar-refractivity contribution in [2.45, 2.75) is 159 Å². The largest absolute Gasteiger partial charge is 0.472 e. The lowest BCUT2D eigenvalue weighted by Gasteiger charge is -2.05. The molecule has 6 aromatic rings. The van der Waals surface area contributed by atoms with E-state index < -0.39 is 0 Å². The Morgan fingerprint density at radius 3 is 1.58 bits per heavy atom. The summed E-state index contributed by atoms with van der Waals surface area (Å²) in [5, 5.41) is 26.3. The van der Waals surface area contributed by atoms with Gasteiger partial charge in [0.1, 0.15) is 0 Å².